The van der Waals surface area contributed by atoms with Gasteiger partial charge in [0.15, 0.2) is 0 Å². The molecule has 2 heterocycles. The highest BCUT2D eigenvalue weighted by atomic mass is 32.2. The highest BCUT2D eigenvalue weighted by Gasteiger charge is 2.35. The van der Waals surface area contributed by atoms with Crippen LogP contribution in [-0.2, 0) is 19.6 Å². The molecule has 2 aliphatic rings. The molecule has 1 N–H and O–H groups in total. The number of hydrogen-bond acceptors (Lipinski definition) is 7. The van der Waals surface area contributed by atoms with E-state index in [9.17, 15) is 18.0 Å². The third kappa shape index (κ3) is 4.46. The average Bonchev–Trinajstić information content (AvgIpc) is 2.89. The monoisotopic (exact) mass is 383 g/mol. The Balaban J connectivity index is 1.43. The van der Waals surface area contributed by atoms with Crippen LogP contribution in [0.3, 0.4) is 0 Å². The van der Waals surface area contributed by atoms with Crippen LogP contribution < -0.4 is 4.89 Å². The molecule has 2 aliphatic heterocycles. The summed E-state index contributed by atoms with van der Waals surface area (Å²) >= 11 is 0. The summed E-state index contributed by atoms with van der Waals surface area (Å²) in [6, 6.07) is 6.43. The van der Waals surface area contributed by atoms with Crippen LogP contribution in [0.25, 0.3) is 0 Å². The molecule has 0 unspecified atom stereocenters. The molecular formula is C16H21N3O6S. The van der Waals surface area contributed by atoms with Gasteiger partial charge in [-0.3, -0.25) is 24.2 Å². The first kappa shape index (κ1) is 18.9. The Labute approximate surface area is 151 Å². The molecule has 3 rings (SSSR count). The standard InChI is InChI=1S/C16H21N3O6S/c20-15-13-3-1-2-4-14(13)16(21)19(15)8-12-26(22,23)17-25-11-7-18-5-9-24-10-6-18/h1-4,17H,5-12H2. The van der Waals surface area contributed by atoms with Gasteiger partial charge in [0, 0.05) is 26.2 Å². The lowest BCUT2D eigenvalue weighted by Gasteiger charge is -2.26. The van der Waals surface area contributed by atoms with E-state index < -0.39 is 27.6 Å². The Morgan fingerprint density at radius 3 is 2.27 bits per heavy atom. The van der Waals surface area contributed by atoms with E-state index in [-0.39, 0.29) is 13.2 Å². The van der Waals surface area contributed by atoms with Gasteiger partial charge in [0.05, 0.1) is 36.7 Å². The number of imide groups is 1. The van der Waals surface area contributed by atoms with Crippen molar-refractivity contribution in [3.8, 4) is 0 Å². The summed E-state index contributed by atoms with van der Waals surface area (Å²) in [7, 11) is -3.77. The molecule has 0 spiro atoms. The summed E-state index contributed by atoms with van der Waals surface area (Å²) in [5, 5.41) is 0. The Morgan fingerprint density at radius 2 is 1.65 bits per heavy atom. The van der Waals surface area contributed by atoms with Crippen LogP contribution in [0, 0.1) is 0 Å². The van der Waals surface area contributed by atoms with E-state index in [0.717, 1.165) is 18.0 Å². The number of ether oxygens (including phenoxy) is 1. The van der Waals surface area contributed by atoms with Gasteiger partial charge in [-0.1, -0.05) is 17.0 Å². The van der Waals surface area contributed by atoms with Crippen LogP contribution in [0.15, 0.2) is 24.3 Å². The van der Waals surface area contributed by atoms with E-state index in [2.05, 4.69) is 4.90 Å². The maximum absolute atomic E-state index is 12.2. The van der Waals surface area contributed by atoms with E-state index >= 15 is 0 Å². The van der Waals surface area contributed by atoms with Crippen LogP contribution in [0.5, 0.6) is 0 Å². The molecule has 2 amide bonds. The zero-order valence-corrected chi connectivity index (χ0v) is 15.0. The topological polar surface area (TPSA) is 105 Å². The highest BCUT2D eigenvalue weighted by Crippen LogP contribution is 2.22. The Morgan fingerprint density at radius 1 is 1.04 bits per heavy atom. The van der Waals surface area contributed by atoms with Crippen LogP contribution in [0.2, 0.25) is 0 Å². The molecule has 0 bridgehead atoms. The van der Waals surface area contributed by atoms with Gasteiger partial charge in [-0.25, -0.2) is 8.42 Å². The second-order valence-electron chi connectivity index (χ2n) is 6.01. The minimum Gasteiger partial charge on any atom is -0.379 e. The summed E-state index contributed by atoms with van der Waals surface area (Å²) in [5.41, 5.74) is 0.592. The lowest BCUT2D eigenvalue weighted by atomic mass is 10.1. The zero-order chi connectivity index (χ0) is 18.6. The van der Waals surface area contributed by atoms with E-state index in [1.54, 1.807) is 24.3 Å². The molecule has 1 saturated heterocycles. The number of fused-ring (bicyclic) bond motifs is 1. The lowest BCUT2D eigenvalue weighted by molar-refractivity contribution is 0.0125. The summed E-state index contributed by atoms with van der Waals surface area (Å²) in [6.07, 6.45) is 0. The minimum atomic E-state index is -3.77. The molecule has 0 atom stereocenters. The van der Waals surface area contributed by atoms with Gasteiger partial charge in [0.2, 0.25) is 10.0 Å². The first-order valence-corrected chi connectivity index (χ1v) is 10.00. The number of rotatable bonds is 8. The maximum Gasteiger partial charge on any atom is 0.261 e. The third-order valence-electron chi connectivity index (χ3n) is 4.26. The Kier molecular flexibility index (Phi) is 5.99. The number of nitrogens with zero attached hydrogens (tertiary/aromatic N) is 2. The predicted molar refractivity (Wildman–Crippen MR) is 91.9 cm³/mol. The fraction of sp³-hybridized carbons (Fsp3) is 0.500. The highest BCUT2D eigenvalue weighted by molar-refractivity contribution is 7.89. The van der Waals surface area contributed by atoms with Gasteiger partial charge in [-0.15, -0.1) is 0 Å². The first-order valence-electron chi connectivity index (χ1n) is 8.34. The number of sulfonamides is 1. The van der Waals surface area contributed by atoms with Crippen molar-refractivity contribution < 1.29 is 27.6 Å². The Bertz CT molecular complexity index is 741. The van der Waals surface area contributed by atoms with Gasteiger partial charge in [-0.05, 0) is 12.1 Å². The zero-order valence-electron chi connectivity index (χ0n) is 14.2. The van der Waals surface area contributed by atoms with Gasteiger partial charge in [-0.2, -0.15) is 0 Å². The summed E-state index contributed by atoms with van der Waals surface area (Å²) in [4.78, 5) is 34.5. The molecule has 0 aliphatic carbocycles. The van der Waals surface area contributed by atoms with Crippen molar-refractivity contribution in [3.05, 3.63) is 35.4 Å². The van der Waals surface area contributed by atoms with Crippen LogP contribution in [-0.4, -0.2) is 81.8 Å². The number of benzene rings is 1. The fourth-order valence-corrected chi connectivity index (χ4v) is 3.60. The molecule has 1 aromatic rings. The smallest absolute Gasteiger partial charge is 0.261 e. The minimum absolute atomic E-state index is 0.201. The number of morpholine rings is 1. The van der Waals surface area contributed by atoms with Crippen molar-refractivity contribution in [2.45, 2.75) is 0 Å². The molecule has 9 nitrogen and oxygen atoms in total. The van der Waals surface area contributed by atoms with Crippen LogP contribution in [0.4, 0.5) is 0 Å². The van der Waals surface area contributed by atoms with Gasteiger partial charge in [0.1, 0.15) is 0 Å². The number of hydrogen-bond donors (Lipinski definition) is 1. The largest absolute Gasteiger partial charge is 0.379 e. The molecule has 1 fully saturated rings. The van der Waals surface area contributed by atoms with Crippen LogP contribution in [0.1, 0.15) is 20.7 Å². The Hall–Kier alpha value is -1.85. The van der Waals surface area contributed by atoms with Gasteiger partial charge < -0.3 is 4.74 Å². The molecule has 0 radical (unpaired) electrons. The summed E-state index contributed by atoms with van der Waals surface area (Å²) in [5.74, 6) is -1.38. The quantitative estimate of drug-likeness (QED) is 0.365. The molecule has 1 aromatic carbocycles. The van der Waals surface area contributed by atoms with E-state index in [1.807, 2.05) is 4.89 Å². The van der Waals surface area contributed by atoms with Crippen molar-refractivity contribution >= 4 is 21.8 Å². The van der Waals surface area contributed by atoms with Crippen molar-refractivity contribution in [1.82, 2.24) is 14.7 Å². The maximum atomic E-state index is 12.2. The third-order valence-corrected chi connectivity index (χ3v) is 5.35. The summed E-state index contributed by atoms with van der Waals surface area (Å²) < 4.78 is 29.2. The molecular weight excluding hydrogens is 362 g/mol. The molecule has 10 heteroatoms. The van der Waals surface area contributed by atoms with E-state index in [4.69, 9.17) is 9.57 Å². The first-order chi connectivity index (χ1) is 12.5. The fourth-order valence-electron chi connectivity index (χ4n) is 2.83. The molecule has 0 saturated carbocycles. The van der Waals surface area contributed by atoms with Crippen molar-refractivity contribution in [3.63, 3.8) is 0 Å². The average molecular weight is 383 g/mol. The normalized spacial score (nSPS) is 18.4. The lowest BCUT2D eigenvalue weighted by Crippen LogP contribution is -2.40. The second kappa shape index (κ2) is 8.23. The second-order valence-corrected chi connectivity index (χ2v) is 7.82. The number of carbonyl (C=O) groups is 2. The van der Waals surface area contributed by atoms with E-state index in [1.165, 1.54) is 0 Å². The SMILES string of the molecule is O=C1c2ccccc2C(=O)N1CCS(=O)(=O)NOCCN1CCOCC1. The van der Waals surface area contributed by atoms with Crippen molar-refractivity contribution in [2.75, 3.05) is 51.8 Å². The van der Waals surface area contributed by atoms with Crippen molar-refractivity contribution in [1.29, 1.82) is 0 Å². The molecule has 26 heavy (non-hydrogen) atoms. The van der Waals surface area contributed by atoms with Crippen LogP contribution >= 0.6 is 0 Å². The van der Waals surface area contributed by atoms with Gasteiger partial charge in [0.25, 0.3) is 11.8 Å². The molecule has 0 aromatic heterocycles. The number of carbonyl (C=O) groups excluding carboxylic acids is 2. The van der Waals surface area contributed by atoms with Gasteiger partial charge >= 0.3 is 0 Å². The molecule has 142 valence electrons. The summed E-state index contributed by atoms with van der Waals surface area (Å²) in [6.45, 7) is 3.45. The van der Waals surface area contributed by atoms with E-state index in [0.29, 0.717) is 30.9 Å². The van der Waals surface area contributed by atoms with Crippen molar-refractivity contribution in [2.24, 2.45) is 0 Å². The predicted octanol–water partition coefficient (Wildman–Crippen LogP) is -0.534. The number of nitrogens with one attached hydrogen (secondary N) is 1. The number of amides is 2.